The van der Waals surface area contributed by atoms with E-state index in [-0.39, 0.29) is 11.3 Å². The highest BCUT2D eigenvalue weighted by atomic mass is 16.5. The number of phenols is 1. The molecule has 0 unspecified atom stereocenters. The number of esters is 1. The van der Waals surface area contributed by atoms with Crippen molar-refractivity contribution in [1.29, 1.82) is 0 Å². The van der Waals surface area contributed by atoms with Crippen molar-refractivity contribution in [3.63, 3.8) is 0 Å². The number of hydrogen-bond acceptors (Lipinski definition) is 5. The number of Topliss-reactive ketones (excluding diaryl/α,β-unsaturated/α-hetero) is 1. The van der Waals surface area contributed by atoms with Gasteiger partial charge in [0.05, 0.1) is 7.11 Å². The maximum Gasteiger partial charge on any atom is 0.330 e. The number of phenolic OH excluding ortho intramolecular Hbond substituents is 1. The van der Waals surface area contributed by atoms with E-state index >= 15 is 0 Å². The zero-order valence-corrected chi connectivity index (χ0v) is 9.04. The number of aromatic hydroxyl groups is 1. The molecule has 0 aromatic heterocycles. The normalized spacial score (nSPS) is 10.2. The van der Waals surface area contributed by atoms with Crippen molar-refractivity contribution in [2.45, 2.75) is 0 Å². The van der Waals surface area contributed by atoms with Crippen LogP contribution in [0.5, 0.6) is 5.75 Å². The third-order valence-corrected chi connectivity index (χ3v) is 1.93. The third-order valence-electron chi connectivity index (χ3n) is 1.93. The number of ether oxygens (including phenoxy) is 1. The van der Waals surface area contributed by atoms with Crippen LogP contribution in [-0.2, 0) is 14.3 Å². The highest BCUT2D eigenvalue weighted by Crippen LogP contribution is 2.10. The summed E-state index contributed by atoms with van der Waals surface area (Å²) in [6.45, 7) is 0. The minimum atomic E-state index is -0.832. The molecule has 0 aliphatic carbocycles. The molecule has 1 aromatic rings. The minimum Gasteiger partial charge on any atom is -0.508 e. The Hall–Kier alpha value is -2.43. The predicted octanol–water partition coefficient (Wildman–Crippen LogP) is 0.873. The second kappa shape index (κ2) is 5.60. The third kappa shape index (κ3) is 3.57. The van der Waals surface area contributed by atoms with Gasteiger partial charge in [-0.05, 0) is 30.3 Å². The summed E-state index contributed by atoms with van der Waals surface area (Å²) in [6, 6.07) is 5.23. The fourth-order valence-electron chi connectivity index (χ4n) is 1.04. The standard InChI is InChI=1S/C12H10O5/c1-17-11(15)7-6-10(14)12(16)8-2-4-9(13)5-3-8/h2-7,13H,1H3/b7-6+. The lowest BCUT2D eigenvalue weighted by Gasteiger charge is -1.97. The van der Waals surface area contributed by atoms with E-state index in [2.05, 4.69) is 4.74 Å². The van der Waals surface area contributed by atoms with Gasteiger partial charge in [0.1, 0.15) is 5.75 Å². The van der Waals surface area contributed by atoms with Gasteiger partial charge >= 0.3 is 5.97 Å². The second-order valence-corrected chi connectivity index (χ2v) is 3.10. The van der Waals surface area contributed by atoms with Gasteiger partial charge in [-0.3, -0.25) is 9.59 Å². The molecule has 88 valence electrons. The van der Waals surface area contributed by atoms with Crippen LogP contribution in [-0.4, -0.2) is 29.8 Å². The molecule has 17 heavy (non-hydrogen) atoms. The molecule has 0 amide bonds. The van der Waals surface area contributed by atoms with Crippen molar-refractivity contribution in [2.75, 3.05) is 7.11 Å². The molecule has 0 fully saturated rings. The molecule has 0 saturated carbocycles. The molecule has 1 rings (SSSR count). The van der Waals surface area contributed by atoms with Crippen molar-refractivity contribution >= 4 is 17.5 Å². The molecule has 0 atom stereocenters. The van der Waals surface area contributed by atoms with Crippen LogP contribution < -0.4 is 0 Å². The van der Waals surface area contributed by atoms with E-state index in [1.165, 1.54) is 31.4 Å². The average Bonchev–Trinajstić information content (AvgIpc) is 2.35. The molecule has 5 nitrogen and oxygen atoms in total. The van der Waals surface area contributed by atoms with Gasteiger partial charge in [-0.15, -0.1) is 0 Å². The molecule has 0 aliphatic rings. The van der Waals surface area contributed by atoms with Crippen molar-refractivity contribution in [2.24, 2.45) is 0 Å². The molecule has 1 N–H and O–H groups in total. The van der Waals surface area contributed by atoms with E-state index in [1.54, 1.807) is 0 Å². The minimum absolute atomic E-state index is 0.000832. The Morgan fingerprint density at radius 2 is 1.71 bits per heavy atom. The summed E-state index contributed by atoms with van der Waals surface area (Å²) in [5.41, 5.74) is 0.141. The van der Waals surface area contributed by atoms with Crippen LogP contribution in [0.4, 0.5) is 0 Å². The lowest BCUT2D eigenvalue weighted by atomic mass is 10.1. The summed E-state index contributed by atoms with van der Waals surface area (Å²) >= 11 is 0. The summed E-state index contributed by atoms with van der Waals surface area (Å²) in [4.78, 5) is 33.6. The zero-order chi connectivity index (χ0) is 12.8. The van der Waals surface area contributed by atoms with Gasteiger partial charge in [-0.2, -0.15) is 0 Å². The molecule has 5 heteroatoms. The fraction of sp³-hybridized carbons (Fsp3) is 0.0833. The van der Waals surface area contributed by atoms with E-state index in [0.29, 0.717) is 0 Å². The SMILES string of the molecule is COC(=O)/C=C/C(=O)C(=O)c1ccc(O)cc1. The van der Waals surface area contributed by atoms with Crippen molar-refractivity contribution in [3.05, 3.63) is 42.0 Å². The summed E-state index contributed by atoms with van der Waals surface area (Å²) in [6.07, 6.45) is 1.72. The first-order valence-electron chi connectivity index (χ1n) is 4.68. The number of benzene rings is 1. The molecule has 0 spiro atoms. The Bertz CT molecular complexity index is 470. The van der Waals surface area contributed by atoms with E-state index in [9.17, 15) is 14.4 Å². The number of rotatable bonds is 4. The molecular formula is C12H10O5. The first-order valence-corrected chi connectivity index (χ1v) is 4.68. The molecule has 0 saturated heterocycles. The summed E-state index contributed by atoms with van der Waals surface area (Å²) in [7, 11) is 1.17. The van der Waals surface area contributed by atoms with Crippen molar-refractivity contribution < 1.29 is 24.2 Å². The topological polar surface area (TPSA) is 80.7 Å². The molecular weight excluding hydrogens is 224 g/mol. The smallest absolute Gasteiger partial charge is 0.330 e. The Balaban J connectivity index is 2.77. The van der Waals surface area contributed by atoms with Gasteiger partial charge in [0.15, 0.2) is 0 Å². The Morgan fingerprint density at radius 1 is 1.12 bits per heavy atom. The first kappa shape index (κ1) is 12.6. The largest absolute Gasteiger partial charge is 0.508 e. The monoisotopic (exact) mass is 234 g/mol. The number of carbonyl (C=O) groups is 3. The Morgan fingerprint density at radius 3 is 2.24 bits per heavy atom. The molecule has 0 radical (unpaired) electrons. The fourth-order valence-corrected chi connectivity index (χ4v) is 1.04. The first-order chi connectivity index (χ1) is 8.04. The number of methoxy groups -OCH3 is 1. The lowest BCUT2D eigenvalue weighted by Crippen LogP contribution is -2.11. The summed E-state index contributed by atoms with van der Waals surface area (Å²) in [5.74, 6) is -2.30. The van der Waals surface area contributed by atoms with E-state index in [0.717, 1.165) is 12.2 Å². The summed E-state index contributed by atoms with van der Waals surface area (Å²) in [5, 5.41) is 9.01. The quantitative estimate of drug-likeness (QED) is 0.362. The number of hydrogen-bond donors (Lipinski definition) is 1. The number of carbonyl (C=O) groups excluding carboxylic acids is 3. The summed E-state index contributed by atoms with van der Waals surface area (Å²) < 4.78 is 4.28. The van der Waals surface area contributed by atoms with Crippen LogP contribution in [0, 0.1) is 0 Å². The van der Waals surface area contributed by atoms with E-state index in [4.69, 9.17) is 5.11 Å². The van der Waals surface area contributed by atoms with Gasteiger partial charge in [0.25, 0.3) is 0 Å². The maximum atomic E-state index is 11.5. The number of ketones is 2. The Kier molecular flexibility index (Phi) is 4.16. The van der Waals surface area contributed by atoms with Crippen LogP contribution in [0.2, 0.25) is 0 Å². The maximum absolute atomic E-state index is 11.5. The van der Waals surface area contributed by atoms with Gasteiger partial charge in [0.2, 0.25) is 11.6 Å². The van der Waals surface area contributed by atoms with Crippen LogP contribution in [0.1, 0.15) is 10.4 Å². The highest BCUT2D eigenvalue weighted by Gasteiger charge is 2.13. The Labute approximate surface area is 97.3 Å². The van der Waals surface area contributed by atoms with Crippen molar-refractivity contribution in [1.82, 2.24) is 0 Å². The van der Waals surface area contributed by atoms with E-state index in [1.807, 2.05) is 0 Å². The average molecular weight is 234 g/mol. The van der Waals surface area contributed by atoms with Gasteiger partial charge in [-0.25, -0.2) is 4.79 Å². The van der Waals surface area contributed by atoms with Crippen LogP contribution >= 0.6 is 0 Å². The van der Waals surface area contributed by atoms with Crippen molar-refractivity contribution in [3.8, 4) is 5.75 Å². The molecule has 1 aromatic carbocycles. The molecule has 0 heterocycles. The predicted molar refractivity (Wildman–Crippen MR) is 58.6 cm³/mol. The molecule has 0 aliphatic heterocycles. The van der Waals surface area contributed by atoms with Crippen LogP contribution in [0.3, 0.4) is 0 Å². The van der Waals surface area contributed by atoms with E-state index < -0.39 is 17.5 Å². The number of allylic oxidation sites excluding steroid dienone is 1. The van der Waals surface area contributed by atoms with Gasteiger partial charge in [-0.1, -0.05) is 0 Å². The molecule has 0 bridgehead atoms. The lowest BCUT2D eigenvalue weighted by molar-refractivity contribution is -0.135. The van der Waals surface area contributed by atoms with Crippen LogP contribution in [0.15, 0.2) is 36.4 Å². The zero-order valence-electron chi connectivity index (χ0n) is 9.04. The highest BCUT2D eigenvalue weighted by molar-refractivity contribution is 6.47. The van der Waals surface area contributed by atoms with Crippen LogP contribution in [0.25, 0.3) is 0 Å². The van der Waals surface area contributed by atoms with Gasteiger partial charge in [0, 0.05) is 11.6 Å². The second-order valence-electron chi connectivity index (χ2n) is 3.10. The van der Waals surface area contributed by atoms with Gasteiger partial charge < -0.3 is 9.84 Å².